The maximum atomic E-state index is 14.0. The third-order valence-electron chi connectivity index (χ3n) is 10.4. The minimum absolute atomic E-state index is 0.0910. The lowest BCUT2D eigenvalue weighted by molar-refractivity contribution is -0.143. The summed E-state index contributed by atoms with van der Waals surface area (Å²) in [5.74, 6) is -3.51. The van der Waals surface area contributed by atoms with E-state index in [4.69, 9.17) is 9.47 Å². The zero-order valence-electron chi connectivity index (χ0n) is 37.4. The van der Waals surface area contributed by atoms with E-state index < -0.39 is 69.7 Å². The van der Waals surface area contributed by atoms with Crippen LogP contribution in [0.4, 0.5) is 0 Å². The Morgan fingerprint density at radius 2 is 0.703 bits per heavy atom. The van der Waals surface area contributed by atoms with Crippen LogP contribution in [0, 0.1) is 0 Å². The van der Waals surface area contributed by atoms with E-state index in [9.17, 15) is 49.2 Å². The van der Waals surface area contributed by atoms with Crippen LogP contribution in [0.2, 0.25) is 0 Å². The number of ketones is 4. The fraction of sp³-hybridized carbons (Fsp3) is 0.308. The highest BCUT2D eigenvalue weighted by Crippen LogP contribution is 2.33. The summed E-state index contributed by atoms with van der Waals surface area (Å²) in [6.07, 6.45) is 2.48. The Morgan fingerprint density at radius 1 is 0.438 bits per heavy atom. The van der Waals surface area contributed by atoms with Crippen LogP contribution in [-0.2, 0) is 19.1 Å². The van der Waals surface area contributed by atoms with Gasteiger partial charge in [0.2, 0.25) is 0 Å². The van der Waals surface area contributed by atoms with E-state index in [1.165, 1.54) is 116 Å². The largest absolute Gasteiger partial charge is 0.449 e. The Hall–Kier alpha value is -6.44. The first kappa shape index (κ1) is 48.6. The van der Waals surface area contributed by atoms with Crippen molar-refractivity contribution in [2.24, 2.45) is 0 Å². The topological polar surface area (TPSA) is 202 Å². The van der Waals surface area contributed by atoms with Crippen molar-refractivity contribution in [1.29, 1.82) is 0 Å². The number of aliphatic hydroxyl groups is 4. The standard InChI is InChI=1S/C52H54O12/c1-30-28-39(47(57)63-41(31-10-18-35(19-11-31)43(53)49(2,3)59)32-12-20-36(21-13-32)44(54)50(4,5)60)26-27-40(29-30)48(58)64-42(33-14-22-37(23-15-33)45(55)51(6,7)61)34-16-24-38(25-17-34)46(56)52(8,9)62/h10-28,41-42,59-62H,29H2,1-9H3. The summed E-state index contributed by atoms with van der Waals surface area (Å²) in [7, 11) is 0. The second-order valence-corrected chi connectivity index (χ2v) is 18.1. The van der Waals surface area contributed by atoms with Gasteiger partial charge < -0.3 is 29.9 Å². The van der Waals surface area contributed by atoms with Crippen molar-refractivity contribution in [3.8, 4) is 0 Å². The van der Waals surface area contributed by atoms with Crippen LogP contribution in [0.15, 0.2) is 132 Å². The molecule has 4 N–H and O–H groups in total. The van der Waals surface area contributed by atoms with Crippen molar-refractivity contribution in [3.63, 3.8) is 0 Å². The fourth-order valence-corrected chi connectivity index (χ4v) is 6.85. The third-order valence-corrected chi connectivity index (χ3v) is 10.4. The first-order chi connectivity index (χ1) is 29.6. The summed E-state index contributed by atoms with van der Waals surface area (Å²) in [6, 6.07) is 24.9. The van der Waals surface area contributed by atoms with E-state index in [1.807, 2.05) is 0 Å². The first-order valence-electron chi connectivity index (χ1n) is 20.6. The van der Waals surface area contributed by atoms with E-state index in [2.05, 4.69) is 0 Å². The van der Waals surface area contributed by atoms with E-state index in [1.54, 1.807) is 61.5 Å². The number of benzene rings is 4. The summed E-state index contributed by atoms with van der Waals surface area (Å²) in [4.78, 5) is 79.2. The molecule has 0 heterocycles. The monoisotopic (exact) mass is 870 g/mol. The van der Waals surface area contributed by atoms with E-state index in [0.29, 0.717) is 27.8 Å². The molecule has 0 radical (unpaired) electrons. The van der Waals surface area contributed by atoms with Gasteiger partial charge in [0.15, 0.2) is 35.3 Å². The molecular weight excluding hydrogens is 817 g/mol. The Labute approximate surface area is 372 Å². The molecule has 12 nitrogen and oxygen atoms in total. The number of esters is 2. The van der Waals surface area contributed by atoms with E-state index in [0.717, 1.165) is 0 Å². The number of ether oxygens (including phenoxy) is 2. The molecule has 4 aromatic rings. The predicted octanol–water partition coefficient (Wildman–Crippen LogP) is 7.67. The van der Waals surface area contributed by atoms with Crippen molar-refractivity contribution in [2.45, 2.75) is 103 Å². The Morgan fingerprint density at radius 3 is 0.969 bits per heavy atom. The molecule has 5 rings (SSSR count). The molecule has 0 amide bonds. The van der Waals surface area contributed by atoms with Crippen molar-refractivity contribution < 1.29 is 58.7 Å². The summed E-state index contributed by atoms with van der Waals surface area (Å²) in [5, 5.41) is 41.1. The SMILES string of the molecule is CC1=CC(C(=O)OC(c2ccc(C(=O)C(C)(C)O)cc2)c2ccc(C(=O)C(C)(C)O)cc2)=CC=C(C(=O)OC(c2ccc(C(=O)C(C)(C)O)cc2)c2ccc(C(=O)C(C)(C)O)cc2)C1. The quantitative estimate of drug-likeness (QED) is 0.0633. The highest BCUT2D eigenvalue weighted by Gasteiger charge is 2.31. The van der Waals surface area contributed by atoms with Crippen LogP contribution in [0.25, 0.3) is 0 Å². The molecule has 0 saturated heterocycles. The average molecular weight is 871 g/mol. The number of hydrogen-bond acceptors (Lipinski definition) is 12. The van der Waals surface area contributed by atoms with E-state index in [-0.39, 0.29) is 39.8 Å². The number of Topliss-reactive ketones (excluding diaryl/α,β-unsaturated/α-hetero) is 4. The molecule has 12 heteroatoms. The van der Waals surface area contributed by atoms with Crippen molar-refractivity contribution in [1.82, 2.24) is 0 Å². The molecule has 0 saturated carbocycles. The molecule has 1 aliphatic rings. The lowest BCUT2D eigenvalue weighted by Gasteiger charge is -2.22. The van der Waals surface area contributed by atoms with Crippen LogP contribution >= 0.6 is 0 Å². The van der Waals surface area contributed by atoms with Gasteiger partial charge in [-0.3, -0.25) is 19.2 Å². The maximum Gasteiger partial charge on any atom is 0.339 e. The molecular formula is C52H54O12. The molecule has 4 aromatic carbocycles. The molecule has 0 fully saturated rings. The summed E-state index contributed by atoms with van der Waals surface area (Å²) < 4.78 is 12.3. The predicted molar refractivity (Wildman–Crippen MR) is 239 cm³/mol. The minimum atomic E-state index is -1.62. The molecule has 1 aliphatic carbocycles. The molecule has 0 spiro atoms. The van der Waals surface area contributed by atoms with Gasteiger partial charge in [-0.05, 0) is 96.7 Å². The number of carbonyl (C=O) groups excluding carboxylic acids is 6. The average Bonchev–Trinajstić information content (AvgIpc) is 3.44. The molecule has 0 aromatic heterocycles. The van der Waals surface area contributed by atoms with Crippen LogP contribution in [-0.4, -0.2) is 77.9 Å². The molecule has 0 unspecified atom stereocenters. The second kappa shape index (κ2) is 18.7. The highest BCUT2D eigenvalue weighted by atomic mass is 16.5. The van der Waals surface area contributed by atoms with Crippen molar-refractivity contribution in [2.75, 3.05) is 0 Å². The Bertz CT molecular complexity index is 2390. The highest BCUT2D eigenvalue weighted by molar-refractivity contribution is 6.03. The fourth-order valence-electron chi connectivity index (χ4n) is 6.85. The second-order valence-electron chi connectivity index (χ2n) is 18.1. The van der Waals surface area contributed by atoms with Gasteiger partial charge in [-0.2, -0.15) is 0 Å². The molecule has 0 bridgehead atoms. The molecule has 0 atom stereocenters. The van der Waals surface area contributed by atoms with E-state index >= 15 is 0 Å². The summed E-state index contributed by atoms with van der Waals surface area (Å²) >= 11 is 0. The summed E-state index contributed by atoms with van der Waals surface area (Å²) in [6.45, 7) is 12.8. The zero-order chi connectivity index (χ0) is 47.5. The van der Waals surface area contributed by atoms with Crippen molar-refractivity contribution in [3.05, 3.63) is 177 Å². The third kappa shape index (κ3) is 11.8. The van der Waals surface area contributed by atoms with Gasteiger partial charge in [-0.15, -0.1) is 0 Å². The van der Waals surface area contributed by atoms with Crippen LogP contribution in [0.1, 0.15) is 145 Å². The first-order valence-corrected chi connectivity index (χ1v) is 20.6. The van der Waals surface area contributed by atoms with Gasteiger partial charge in [0.1, 0.15) is 22.4 Å². The number of hydrogen-bond donors (Lipinski definition) is 4. The number of allylic oxidation sites excluding steroid dienone is 3. The van der Waals surface area contributed by atoms with Gasteiger partial charge >= 0.3 is 11.9 Å². The lowest BCUT2D eigenvalue weighted by atomic mass is 9.92. The van der Waals surface area contributed by atoms with Gasteiger partial charge in [-0.1, -0.05) is 109 Å². The number of rotatable bonds is 16. The Kier molecular flexibility index (Phi) is 14.2. The van der Waals surface area contributed by atoms with Gasteiger partial charge in [-0.25, -0.2) is 9.59 Å². The lowest BCUT2D eigenvalue weighted by Crippen LogP contribution is -2.31. The maximum absolute atomic E-state index is 14.0. The molecule has 334 valence electrons. The minimum Gasteiger partial charge on any atom is -0.449 e. The van der Waals surface area contributed by atoms with Gasteiger partial charge in [0, 0.05) is 34.2 Å². The zero-order valence-corrected chi connectivity index (χ0v) is 37.4. The normalized spacial score (nSPS) is 13.6. The van der Waals surface area contributed by atoms with Gasteiger partial charge in [0.25, 0.3) is 0 Å². The smallest absolute Gasteiger partial charge is 0.339 e. The van der Waals surface area contributed by atoms with Crippen LogP contribution < -0.4 is 0 Å². The van der Waals surface area contributed by atoms with Crippen LogP contribution in [0.5, 0.6) is 0 Å². The Balaban J connectivity index is 1.47. The van der Waals surface area contributed by atoms with Crippen LogP contribution in [0.3, 0.4) is 0 Å². The molecule has 0 aliphatic heterocycles. The number of carbonyl (C=O) groups is 6. The van der Waals surface area contributed by atoms with Gasteiger partial charge in [0.05, 0.1) is 5.57 Å². The van der Waals surface area contributed by atoms with Crippen molar-refractivity contribution >= 4 is 35.1 Å². The summed E-state index contributed by atoms with van der Waals surface area (Å²) in [5.41, 5.74) is -2.73. The molecule has 64 heavy (non-hydrogen) atoms.